The zero-order chi connectivity index (χ0) is 9.35. The van der Waals surface area contributed by atoms with Crippen molar-refractivity contribution in [1.29, 1.82) is 0 Å². The van der Waals surface area contributed by atoms with Crippen LogP contribution in [0.5, 0.6) is 0 Å². The van der Waals surface area contributed by atoms with Crippen LogP contribution in [-0.2, 0) is 0 Å². The van der Waals surface area contributed by atoms with Gasteiger partial charge in [-0.25, -0.2) is 0 Å². The second-order valence-corrected chi connectivity index (χ2v) is 7.26. The fourth-order valence-electron chi connectivity index (χ4n) is 0.752. The van der Waals surface area contributed by atoms with E-state index in [1.807, 2.05) is 0 Å². The Bertz CT molecular complexity index is 300. The van der Waals surface area contributed by atoms with E-state index in [0.29, 0.717) is 5.30 Å². The summed E-state index contributed by atoms with van der Waals surface area (Å²) in [6, 6.07) is 0. The van der Waals surface area contributed by atoms with E-state index in [0.717, 1.165) is 0 Å². The molecule has 0 fully saturated rings. The fraction of sp³-hybridized carbons (Fsp3) is 0.333. The molecule has 0 unspecified atom stereocenters. The van der Waals surface area contributed by atoms with Gasteiger partial charge in [-0.15, -0.1) is 0 Å². The van der Waals surface area contributed by atoms with Crippen molar-refractivity contribution >= 4 is 36.0 Å². The third kappa shape index (κ3) is 2.27. The molecule has 68 valence electrons. The average molecular weight is 227 g/mol. The number of halogens is 2. The van der Waals surface area contributed by atoms with Crippen molar-refractivity contribution in [2.75, 3.05) is 13.3 Å². The molecule has 1 aromatic heterocycles. The SMILES string of the molecule is C[PH](C)(O)c1cnc(Cl)nc1Cl. The van der Waals surface area contributed by atoms with Crippen LogP contribution in [0, 0.1) is 0 Å². The third-order valence-corrected chi connectivity index (χ3v) is 3.68. The molecular weight excluding hydrogens is 218 g/mol. The molecule has 1 aromatic rings. The number of hydrogen-bond acceptors (Lipinski definition) is 3. The average Bonchev–Trinajstić information content (AvgIpc) is 1.83. The quantitative estimate of drug-likeness (QED) is 0.447. The summed E-state index contributed by atoms with van der Waals surface area (Å²) in [4.78, 5) is 17.2. The Labute approximate surface area is 81.2 Å². The van der Waals surface area contributed by atoms with E-state index in [9.17, 15) is 4.89 Å². The molecular formula is C6H9Cl2N2OP. The molecule has 0 atom stereocenters. The Morgan fingerprint density at radius 3 is 2.42 bits per heavy atom. The van der Waals surface area contributed by atoms with E-state index >= 15 is 0 Å². The second kappa shape index (κ2) is 3.43. The van der Waals surface area contributed by atoms with Gasteiger partial charge in [0, 0.05) is 0 Å². The number of hydrogen-bond donors (Lipinski definition) is 1. The van der Waals surface area contributed by atoms with Crippen LogP contribution in [0.4, 0.5) is 0 Å². The van der Waals surface area contributed by atoms with Crippen LogP contribution >= 0.6 is 30.7 Å². The zero-order valence-electron chi connectivity index (χ0n) is 6.67. The molecule has 0 amide bonds. The first-order chi connectivity index (χ1) is 5.41. The van der Waals surface area contributed by atoms with Gasteiger partial charge >= 0.3 is 80.8 Å². The van der Waals surface area contributed by atoms with Crippen molar-refractivity contribution in [1.82, 2.24) is 9.97 Å². The standard InChI is InChI=1S/C6H9Cl2N2OP/c1-12(2,11)4-3-9-6(8)10-5(4)7/h3,11-12H,1-2H3. The third-order valence-electron chi connectivity index (χ3n) is 1.37. The summed E-state index contributed by atoms with van der Waals surface area (Å²) < 4.78 is 0. The van der Waals surface area contributed by atoms with Crippen LogP contribution in [0.15, 0.2) is 6.20 Å². The molecule has 3 nitrogen and oxygen atoms in total. The first kappa shape index (κ1) is 10.1. The van der Waals surface area contributed by atoms with Gasteiger partial charge in [-0.1, -0.05) is 0 Å². The molecule has 0 saturated carbocycles. The molecule has 1 N–H and O–H groups in total. The van der Waals surface area contributed by atoms with Crippen LogP contribution in [0.25, 0.3) is 0 Å². The Kier molecular flexibility index (Phi) is 2.89. The molecule has 0 saturated heterocycles. The summed E-state index contributed by atoms with van der Waals surface area (Å²) in [5.74, 6) is 0. The fourth-order valence-corrected chi connectivity index (χ4v) is 2.69. The van der Waals surface area contributed by atoms with Crippen molar-refractivity contribution in [2.24, 2.45) is 0 Å². The van der Waals surface area contributed by atoms with Crippen molar-refractivity contribution in [3.05, 3.63) is 16.6 Å². The van der Waals surface area contributed by atoms with Gasteiger partial charge < -0.3 is 0 Å². The van der Waals surface area contributed by atoms with Gasteiger partial charge in [0.05, 0.1) is 0 Å². The molecule has 0 spiro atoms. The van der Waals surface area contributed by atoms with Gasteiger partial charge in [-0.3, -0.25) is 0 Å². The summed E-state index contributed by atoms with van der Waals surface area (Å²) in [6.07, 6.45) is 1.48. The van der Waals surface area contributed by atoms with Crippen molar-refractivity contribution in [3.8, 4) is 0 Å². The van der Waals surface area contributed by atoms with E-state index < -0.39 is 7.49 Å². The summed E-state index contributed by atoms with van der Waals surface area (Å²) in [7, 11) is -2.42. The van der Waals surface area contributed by atoms with E-state index in [1.165, 1.54) is 6.20 Å². The predicted molar refractivity (Wildman–Crippen MR) is 54.1 cm³/mol. The number of aromatic nitrogens is 2. The normalized spacial score (nSPS) is 13.1. The van der Waals surface area contributed by atoms with E-state index in [4.69, 9.17) is 23.2 Å². The van der Waals surface area contributed by atoms with E-state index in [-0.39, 0.29) is 10.4 Å². The second-order valence-electron chi connectivity index (χ2n) is 2.90. The summed E-state index contributed by atoms with van der Waals surface area (Å²) in [5, 5.41) is 0.949. The molecule has 0 aromatic carbocycles. The summed E-state index contributed by atoms with van der Waals surface area (Å²) in [6.45, 7) is 3.48. The van der Waals surface area contributed by atoms with Gasteiger partial charge in [0.15, 0.2) is 0 Å². The van der Waals surface area contributed by atoms with Gasteiger partial charge in [-0.05, 0) is 0 Å². The van der Waals surface area contributed by atoms with Crippen molar-refractivity contribution in [3.63, 3.8) is 0 Å². The zero-order valence-corrected chi connectivity index (χ0v) is 9.19. The van der Waals surface area contributed by atoms with E-state index in [1.54, 1.807) is 13.3 Å². The Hall–Kier alpha value is 0.0500. The monoisotopic (exact) mass is 226 g/mol. The first-order valence-electron chi connectivity index (χ1n) is 3.32. The maximum atomic E-state index is 9.69. The molecule has 1 rings (SSSR count). The summed E-state index contributed by atoms with van der Waals surface area (Å²) >= 11 is 11.2. The van der Waals surface area contributed by atoms with Gasteiger partial charge in [0.25, 0.3) is 0 Å². The van der Waals surface area contributed by atoms with Gasteiger partial charge in [0.1, 0.15) is 0 Å². The Balaban J connectivity index is 3.19. The molecule has 0 radical (unpaired) electrons. The van der Waals surface area contributed by atoms with Crippen LogP contribution in [0.1, 0.15) is 0 Å². The molecule has 1 heterocycles. The van der Waals surface area contributed by atoms with Crippen LogP contribution in [0.3, 0.4) is 0 Å². The first-order valence-corrected chi connectivity index (χ1v) is 7.02. The topological polar surface area (TPSA) is 46.0 Å². The minimum atomic E-state index is -2.42. The van der Waals surface area contributed by atoms with Crippen LogP contribution in [0.2, 0.25) is 10.4 Å². The van der Waals surface area contributed by atoms with Crippen LogP contribution in [-0.4, -0.2) is 28.2 Å². The number of rotatable bonds is 1. The van der Waals surface area contributed by atoms with Crippen molar-refractivity contribution < 1.29 is 4.89 Å². The molecule has 12 heavy (non-hydrogen) atoms. The maximum absolute atomic E-state index is 9.69. The molecule has 0 aliphatic rings. The molecule has 0 aliphatic carbocycles. The summed E-state index contributed by atoms with van der Waals surface area (Å²) in [5.41, 5.74) is 0. The molecule has 0 bridgehead atoms. The predicted octanol–water partition coefficient (Wildman–Crippen LogP) is 1.33. The Morgan fingerprint density at radius 2 is 2.00 bits per heavy atom. The van der Waals surface area contributed by atoms with Gasteiger partial charge in [-0.2, -0.15) is 0 Å². The molecule has 0 aliphatic heterocycles. The van der Waals surface area contributed by atoms with Crippen LogP contribution < -0.4 is 5.30 Å². The Morgan fingerprint density at radius 1 is 1.42 bits per heavy atom. The number of nitrogens with zero attached hydrogens (tertiary/aromatic N) is 2. The minimum absolute atomic E-state index is 0.0991. The van der Waals surface area contributed by atoms with Gasteiger partial charge in [0.2, 0.25) is 0 Å². The van der Waals surface area contributed by atoms with Crippen molar-refractivity contribution in [2.45, 2.75) is 0 Å². The molecule has 6 heteroatoms. The van der Waals surface area contributed by atoms with E-state index in [2.05, 4.69) is 9.97 Å².